The molecule has 1 heterocycles. The molecule has 140 valence electrons. The average Bonchev–Trinajstić information content (AvgIpc) is 2.92. The molecule has 0 unspecified atom stereocenters. The number of carbonyl (C=O) groups excluding carboxylic acids is 1. The van der Waals surface area contributed by atoms with Gasteiger partial charge in [-0.15, -0.1) is 0 Å². The normalized spacial score (nSPS) is 10.9. The summed E-state index contributed by atoms with van der Waals surface area (Å²) in [6.45, 7) is 7.85. The summed E-state index contributed by atoms with van der Waals surface area (Å²) in [6, 6.07) is 12.3. The molecule has 1 amide bonds. The van der Waals surface area contributed by atoms with Gasteiger partial charge >= 0.3 is 0 Å². The van der Waals surface area contributed by atoms with Crippen LogP contribution in [0.4, 0.5) is 10.1 Å². The molecular weight excluding hydrogens is 341 g/mol. The Bertz CT molecular complexity index is 990. The van der Waals surface area contributed by atoms with E-state index < -0.39 is 0 Å². The third kappa shape index (κ3) is 3.77. The molecule has 0 N–H and O–H groups in total. The van der Waals surface area contributed by atoms with Crippen LogP contribution in [0.3, 0.4) is 0 Å². The number of carbonyl (C=O) groups is 1. The highest BCUT2D eigenvalue weighted by Gasteiger charge is 2.20. The lowest BCUT2D eigenvalue weighted by Gasteiger charge is -2.20. The molecule has 0 radical (unpaired) electrons. The van der Waals surface area contributed by atoms with Crippen molar-refractivity contribution in [2.75, 3.05) is 11.9 Å². The molecule has 0 atom stereocenters. The van der Waals surface area contributed by atoms with Crippen molar-refractivity contribution >= 4 is 11.6 Å². The fraction of sp³-hybridized carbons (Fsp3) is 0.273. The quantitative estimate of drug-likeness (QED) is 0.685. The Morgan fingerprint density at radius 3 is 2.41 bits per heavy atom. The topological polar surface area (TPSA) is 38.1 Å². The summed E-state index contributed by atoms with van der Waals surface area (Å²) in [7, 11) is 1.80. The predicted molar refractivity (Wildman–Crippen MR) is 106 cm³/mol. The fourth-order valence-electron chi connectivity index (χ4n) is 3.25. The molecule has 0 fully saturated rings. The zero-order chi connectivity index (χ0) is 19.7. The average molecular weight is 365 g/mol. The van der Waals surface area contributed by atoms with E-state index >= 15 is 0 Å². The molecule has 1 aromatic heterocycles. The maximum absolute atomic E-state index is 13.2. The minimum Gasteiger partial charge on any atom is -0.315 e. The molecule has 0 aliphatic carbocycles. The van der Waals surface area contributed by atoms with Crippen LogP contribution < -0.4 is 4.90 Å². The van der Waals surface area contributed by atoms with E-state index in [1.165, 1.54) is 12.1 Å². The van der Waals surface area contributed by atoms with E-state index in [4.69, 9.17) is 0 Å². The minimum atomic E-state index is -0.286. The van der Waals surface area contributed by atoms with Crippen LogP contribution in [-0.2, 0) is 11.2 Å². The Kier molecular flexibility index (Phi) is 5.13. The molecule has 0 aliphatic rings. The lowest BCUT2D eigenvalue weighted by atomic mass is 10.1. The van der Waals surface area contributed by atoms with E-state index in [1.807, 2.05) is 45.9 Å². The molecule has 0 saturated heterocycles. The Labute approximate surface area is 159 Å². The molecule has 27 heavy (non-hydrogen) atoms. The first-order chi connectivity index (χ1) is 12.8. The van der Waals surface area contributed by atoms with Gasteiger partial charge in [0.2, 0.25) is 5.91 Å². The van der Waals surface area contributed by atoms with Gasteiger partial charge in [-0.1, -0.05) is 12.1 Å². The van der Waals surface area contributed by atoms with Crippen LogP contribution in [0.15, 0.2) is 42.5 Å². The molecule has 0 bridgehead atoms. The SMILES string of the molecule is Cc1ccc(C)c(N(C)C(=O)Cc2c(C)nn(-c3ccc(F)cc3)c2C)c1. The van der Waals surface area contributed by atoms with Gasteiger partial charge in [-0.2, -0.15) is 5.10 Å². The number of rotatable bonds is 4. The highest BCUT2D eigenvalue weighted by Crippen LogP contribution is 2.23. The van der Waals surface area contributed by atoms with E-state index in [9.17, 15) is 9.18 Å². The smallest absolute Gasteiger partial charge is 0.231 e. The number of nitrogens with zero attached hydrogens (tertiary/aromatic N) is 3. The first-order valence-corrected chi connectivity index (χ1v) is 8.92. The first kappa shape index (κ1) is 18.8. The van der Waals surface area contributed by atoms with E-state index in [0.29, 0.717) is 0 Å². The van der Waals surface area contributed by atoms with Gasteiger partial charge in [0.25, 0.3) is 0 Å². The summed E-state index contributed by atoms with van der Waals surface area (Å²) >= 11 is 0. The number of halogens is 1. The van der Waals surface area contributed by atoms with Gasteiger partial charge in [0, 0.05) is 24.0 Å². The minimum absolute atomic E-state index is 0.00792. The van der Waals surface area contributed by atoms with Crippen molar-refractivity contribution < 1.29 is 9.18 Å². The lowest BCUT2D eigenvalue weighted by Crippen LogP contribution is -2.29. The van der Waals surface area contributed by atoms with E-state index in [-0.39, 0.29) is 18.1 Å². The van der Waals surface area contributed by atoms with Crippen molar-refractivity contribution in [1.29, 1.82) is 0 Å². The van der Waals surface area contributed by atoms with Crippen LogP contribution >= 0.6 is 0 Å². The molecule has 3 rings (SSSR count). The van der Waals surface area contributed by atoms with Crippen molar-refractivity contribution in [2.24, 2.45) is 0 Å². The standard InChI is InChI=1S/C22H24FN3O/c1-14-6-7-15(2)21(12-14)25(5)22(27)13-20-16(3)24-26(17(20)4)19-10-8-18(23)9-11-19/h6-12H,13H2,1-5H3. The van der Waals surface area contributed by atoms with Gasteiger partial charge in [-0.3, -0.25) is 4.79 Å². The van der Waals surface area contributed by atoms with Gasteiger partial charge in [0.1, 0.15) is 5.82 Å². The van der Waals surface area contributed by atoms with Crippen molar-refractivity contribution in [3.8, 4) is 5.69 Å². The number of anilines is 1. The zero-order valence-electron chi connectivity index (χ0n) is 16.4. The third-order valence-corrected chi connectivity index (χ3v) is 4.94. The number of hydrogen-bond acceptors (Lipinski definition) is 2. The molecule has 0 aliphatic heterocycles. The van der Waals surface area contributed by atoms with Crippen LogP contribution in [-0.4, -0.2) is 22.7 Å². The summed E-state index contributed by atoms with van der Waals surface area (Å²) in [4.78, 5) is 14.6. The highest BCUT2D eigenvalue weighted by atomic mass is 19.1. The molecule has 0 spiro atoms. The maximum Gasteiger partial charge on any atom is 0.231 e. The van der Waals surface area contributed by atoms with Crippen LogP contribution in [0.1, 0.15) is 28.1 Å². The van der Waals surface area contributed by atoms with Gasteiger partial charge in [0.05, 0.1) is 17.8 Å². The molecule has 4 nitrogen and oxygen atoms in total. The second-order valence-electron chi connectivity index (χ2n) is 6.96. The van der Waals surface area contributed by atoms with E-state index in [0.717, 1.165) is 39.5 Å². The molecular formula is C22H24FN3O. The fourth-order valence-corrected chi connectivity index (χ4v) is 3.25. The number of likely N-dealkylation sites (N-methyl/N-ethyl adjacent to an activating group) is 1. The summed E-state index contributed by atoms with van der Waals surface area (Å²) in [6.07, 6.45) is 0.267. The Morgan fingerprint density at radius 1 is 1.07 bits per heavy atom. The Balaban J connectivity index is 1.88. The second kappa shape index (κ2) is 7.35. The summed E-state index contributed by atoms with van der Waals surface area (Å²) in [5.41, 5.74) is 6.47. The maximum atomic E-state index is 13.2. The third-order valence-electron chi connectivity index (χ3n) is 4.94. The molecule has 2 aromatic carbocycles. The predicted octanol–water partition coefficient (Wildman–Crippen LogP) is 4.45. The lowest BCUT2D eigenvalue weighted by molar-refractivity contribution is -0.117. The van der Waals surface area contributed by atoms with Crippen LogP contribution in [0.2, 0.25) is 0 Å². The molecule has 5 heteroatoms. The van der Waals surface area contributed by atoms with Gasteiger partial charge in [0.15, 0.2) is 0 Å². The first-order valence-electron chi connectivity index (χ1n) is 8.92. The monoisotopic (exact) mass is 365 g/mol. The van der Waals surface area contributed by atoms with E-state index in [2.05, 4.69) is 5.10 Å². The largest absolute Gasteiger partial charge is 0.315 e. The van der Waals surface area contributed by atoms with Gasteiger partial charge in [-0.05, 0) is 69.2 Å². The van der Waals surface area contributed by atoms with Crippen molar-refractivity contribution in [1.82, 2.24) is 9.78 Å². The summed E-state index contributed by atoms with van der Waals surface area (Å²) in [5.74, 6) is -0.278. The molecule has 0 saturated carbocycles. The van der Waals surface area contributed by atoms with Crippen LogP contribution in [0, 0.1) is 33.5 Å². The van der Waals surface area contributed by atoms with Crippen LogP contribution in [0.5, 0.6) is 0 Å². The van der Waals surface area contributed by atoms with Crippen molar-refractivity contribution in [3.05, 3.63) is 76.4 Å². The van der Waals surface area contributed by atoms with Gasteiger partial charge in [-0.25, -0.2) is 9.07 Å². The highest BCUT2D eigenvalue weighted by molar-refractivity contribution is 5.95. The van der Waals surface area contributed by atoms with Gasteiger partial charge < -0.3 is 4.90 Å². The van der Waals surface area contributed by atoms with Crippen molar-refractivity contribution in [3.63, 3.8) is 0 Å². The summed E-state index contributed by atoms with van der Waals surface area (Å²) in [5, 5.41) is 4.55. The summed E-state index contributed by atoms with van der Waals surface area (Å²) < 4.78 is 14.9. The molecule has 3 aromatic rings. The Morgan fingerprint density at radius 2 is 1.74 bits per heavy atom. The number of amides is 1. The number of aryl methyl sites for hydroxylation is 3. The second-order valence-corrected chi connectivity index (χ2v) is 6.96. The van der Waals surface area contributed by atoms with Crippen molar-refractivity contribution in [2.45, 2.75) is 34.1 Å². The van der Waals surface area contributed by atoms with Crippen LogP contribution in [0.25, 0.3) is 5.69 Å². The number of aromatic nitrogens is 2. The van der Waals surface area contributed by atoms with E-state index in [1.54, 1.807) is 28.8 Å². The number of hydrogen-bond donors (Lipinski definition) is 0. The number of benzene rings is 2. The zero-order valence-corrected chi connectivity index (χ0v) is 16.4. The Hall–Kier alpha value is -2.95.